The molecule has 0 N–H and O–H groups in total. The Morgan fingerprint density at radius 3 is 1.42 bits per heavy atom. The molecule has 0 fully saturated rings. The van der Waals surface area contributed by atoms with E-state index in [1.165, 1.54) is 66.4 Å². The fourth-order valence-electron chi connectivity index (χ4n) is 7.60. The number of rotatable bonds is 8. The number of anilines is 3. The van der Waals surface area contributed by atoms with E-state index in [1.807, 2.05) is 0 Å². The first kappa shape index (κ1) is 31.3. The third kappa shape index (κ3) is 5.75. The van der Waals surface area contributed by atoms with Gasteiger partial charge in [0, 0.05) is 33.5 Å². The molecule has 0 amide bonds. The summed E-state index contributed by atoms with van der Waals surface area (Å²) in [5, 5.41) is 2.56. The van der Waals surface area contributed by atoms with Gasteiger partial charge < -0.3 is 9.47 Å². The molecule has 248 valence electrons. The van der Waals surface area contributed by atoms with Crippen molar-refractivity contribution in [2.24, 2.45) is 0 Å². The molecule has 0 atom stereocenters. The standard InChI is InChI=1S/C50H38N2/c1-2-36-35-41(39-23-30-45(31-24-39)52-49-19-11-9-17-47(49)48-18-10-12-20-50(48)52)27-34-46(36)40-25-32-44(33-26-40)51(42-15-7-4-8-16-42)43-28-21-38(22-29-43)37-13-5-3-6-14-37/h3-35H,2H2,1H3. The zero-order chi connectivity index (χ0) is 34.9. The lowest BCUT2D eigenvalue weighted by Crippen LogP contribution is -2.09. The maximum absolute atomic E-state index is 2.37. The largest absolute Gasteiger partial charge is 0.311 e. The van der Waals surface area contributed by atoms with E-state index >= 15 is 0 Å². The Morgan fingerprint density at radius 2 is 0.827 bits per heavy atom. The minimum Gasteiger partial charge on any atom is -0.311 e. The molecule has 0 aliphatic heterocycles. The quantitative estimate of drug-likeness (QED) is 0.157. The lowest BCUT2D eigenvalue weighted by molar-refractivity contribution is 1.14. The van der Waals surface area contributed by atoms with E-state index < -0.39 is 0 Å². The van der Waals surface area contributed by atoms with Crippen LogP contribution in [0.25, 0.3) is 60.9 Å². The molecule has 2 heteroatoms. The van der Waals surface area contributed by atoms with Crippen LogP contribution < -0.4 is 4.90 Å². The van der Waals surface area contributed by atoms with Crippen molar-refractivity contribution in [3.05, 3.63) is 206 Å². The normalized spacial score (nSPS) is 11.2. The van der Waals surface area contributed by atoms with Crippen molar-refractivity contribution < 1.29 is 0 Å². The predicted octanol–water partition coefficient (Wildman–Crippen LogP) is 13.8. The van der Waals surface area contributed by atoms with Gasteiger partial charge in [0.15, 0.2) is 0 Å². The molecular weight excluding hydrogens is 629 g/mol. The summed E-state index contributed by atoms with van der Waals surface area (Å²) in [4.78, 5) is 2.32. The summed E-state index contributed by atoms with van der Waals surface area (Å²) in [6.07, 6.45) is 0.953. The van der Waals surface area contributed by atoms with Gasteiger partial charge in [-0.15, -0.1) is 0 Å². The Kier molecular flexibility index (Phi) is 8.19. The van der Waals surface area contributed by atoms with Gasteiger partial charge in [-0.3, -0.25) is 0 Å². The van der Waals surface area contributed by atoms with Crippen molar-refractivity contribution in [2.75, 3.05) is 4.90 Å². The van der Waals surface area contributed by atoms with Crippen LogP contribution in [0.2, 0.25) is 0 Å². The first-order valence-corrected chi connectivity index (χ1v) is 18.1. The molecule has 0 aliphatic rings. The van der Waals surface area contributed by atoms with Crippen LogP contribution in [0.5, 0.6) is 0 Å². The minimum absolute atomic E-state index is 0.953. The fourth-order valence-corrected chi connectivity index (χ4v) is 7.60. The summed E-state index contributed by atoms with van der Waals surface area (Å²) >= 11 is 0. The summed E-state index contributed by atoms with van der Waals surface area (Å²) in [7, 11) is 0. The van der Waals surface area contributed by atoms with E-state index in [0.29, 0.717) is 0 Å². The van der Waals surface area contributed by atoms with Crippen molar-refractivity contribution in [3.63, 3.8) is 0 Å². The van der Waals surface area contributed by atoms with Crippen molar-refractivity contribution >= 4 is 38.9 Å². The Bertz CT molecular complexity index is 2560. The molecular formula is C50H38N2. The van der Waals surface area contributed by atoms with Gasteiger partial charge in [-0.1, -0.05) is 146 Å². The predicted molar refractivity (Wildman–Crippen MR) is 221 cm³/mol. The molecule has 0 saturated carbocycles. The first-order chi connectivity index (χ1) is 25.7. The number of aromatic nitrogens is 1. The van der Waals surface area contributed by atoms with E-state index in [9.17, 15) is 0 Å². The molecule has 0 bridgehead atoms. The van der Waals surface area contributed by atoms with Gasteiger partial charge in [0.25, 0.3) is 0 Å². The van der Waals surface area contributed by atoms with Gasteiger partial charge in [-0.25, -0.2) is 0 Å². The summed E-state index contributed by atoms with van der Waals surface area (Å²) in [5.74, 6) is 0. The average Bonchev–Trinajstić information content (AvgIpc) is 3.56. The molecule has 0 aliphatic carbocycles. The summed E-state index contributed by atoms with van der Waals surface area (Å²) < 4.78 is 2.37. The Hall–Kier alpha value is -6.64. The van der Waals surface area contributed by atoms with Crippen LogP contribution in [0, 0.1) is 0 Å². The third-order valence-corrected chi connectivity index (χ3v) is 10.2. The van der Waals surface area contributed by atoms with E-state index in [1.54, 1.807) is 0 Å². The molecule has 8 aromatic carbocycles. The summed E-state index contributed by atoms with van der Waals surface area (Å²) in [6.45, 7) is 2.25. The minimum atomic E-state index is 0.953. The van der Waals surface area contributed by atoms with Crippen LogP contribution in [-0.2, 0) is 6.42 Å². The van der Waals surface area contributed by atoms with Gasteiger partial charge in [0.05, 0.1) is 11.0 Å². The highest BCUT2D eigenvalue weighted by Gasteiger charge is 2.15. The van der Waals surface area contributed by atoms with Crippen LogP contribution in [-0.4, -0.2) is 4.57 Å². The van der Waals surface area contributed by atoms with Crippen LogP contribution >= 0.6 is 0 Å². The van der Waals surface area contributed by atoms with Gasteiger partial charge in [0.2, 0.25) is 0 Å². The summed E-state index contributed by atoms with van der Waals surface area (Å²) in [6, 6.07) is 72.3. The molecule has 9 aromatic rings. The highest BCUT2D eigenvalue weighted by Crippen LogP contribution is 2.38. The fraction of sp³-hybridized carbons (Fsp3) is 0.0400. The van der Waals surface area contributed by atoms with Crippen LogP contribution in [0.3, 0.4) is 0 Å². The molecule has 0 saturated heterocycles. The molecule has 9 rings (SSSR count). The van der Waals surface area contributed by atoms with Crippen LogP contribution in [0.1, 0.15) is 12.5 Å². The second-order valence-electron chi connectivity index (χ2n) is 13.3. The zero-order valence-corrected chi connectivity index (χ0v) is 29.2. The van der Waals surface area contributed by atoms with Crippen molar-refractivity contribution in [1.29, 1.82) is 0 Å². The number of para-hydroxylation sites is 3. The number of fused-ring (bicyclic) bond motifs is 3. The maximum Gasteiger partial charge on any atom is 0.0541 e. The Balaban J connectivity index is 1.01. The van der Waals surface area contributed by atoms with Gasteiger partial charge in [-0.2, -0.15) is 0 Å². The molecule has 1 heterocycles. The average molecular weight is 667 g/mol. The molecule has 0 radical (unpaired) electrons. The number of hydrogen-bond donors (Lipinski definition) is 0. The first-order valence-electron chi connectivity index (χ1n) is 18.1. The smallest absolute Gasteiger partial charge is 0.0541 e. The lowest BCUT2D eigenvalue weighted by Gasteiger charge is -2.26. The molecule has 2 nitrogen and oxygen atoms in total. The van der Waals surface area contributed by atoms with Gasteiger partial charge in [0.1, 0.15) is 0 Å². The van der Waals surface area contributed by atoms with Crippen LogP contribution in [0.4, 0.5) is 17.1 Å². The Morgan fingerprint density at radius 1 is 0.385 bits per heavy atom. The topological polar surface area (TPSA) is 8.17 Å². The van der Waals surface area contributed by atoms with E-state index in [-0.39, 0.29) is 0 Å². The lowest BCUT2D eigenvalue weighted by atomic mass is 9.93. The van der Waals surface area contributed by atoms with Gasteiger partial charge >= 0.3 is 0 Å². The monoisotopic (exact) mass is 666 g/mol. The van der Waals surface area contributed by atoms with Crippen molar-refractivity contribution in [1.82, 2.24) is 4.57 Å². The molecule has 52 heavy (non-hydrogen) atoms. The molecule has 1 aromatic heterocycles. The second-order valence-corrected chi connectivity index (χ2v) is 13.3. The molecule has 0 unspecified atom stereocenters. The number of benzene rings is 8. The van der Waals surface area contributed by atoms with E-state index in [0.717, 1.165) is 23.5 Å². The number of hydrogen-bond acceptors (Lipinski definition) is 1. The van der Waals surface area contributed by atoms with Crippen molar-refractivity contribution in [2.45, 2.75) is 13.3 Å². The molecule has 0 spiro atoms. The Labute approximate surface area is 305 Å². The second kappa shape index (κ2) is 13.6. The highest BCUT2D eigenvalue weighted by atomic mass is 15.1. The van der Waals surface area contributed by atoms with E-state index in [2.05, 4.69) is 217 Å². The highest BCUT2D eigenvalue weighted by molar-refractivity contribution is 6.09. The van der Waals surface area contributed by atoms with Gasteiger partial charge in [-0.05, 0) is 106 Å². The number of nitrogens with zero attached hydrogens (tertiary/aromatic N) is 2. The van der Waals surface area contributed by atoms with E-state index in [4.69, 9.17) is 0 Å². The SMILES string of the molecule is CCc1cc(-c2ccc(-n3c4ccccc4c4ccccc43)cc2)ccc1-c1ccc(N(c2ccccc2)c2ccc(-c3ccccc3)cc2)cc1. The number of aryl methyl sites for hydroxylation is 1. The third-order valence-electron chi connectivity index (χ3n) is 10.2. The maximum atomic E-state index is 2.37. The zero-order valence-electron chi connectivity index (χ0n) is 29.2. The van der Waals surface area contributed by atoms with Crippen LogP contribution in [0.15, 0.2) is 200 Å². The van der Waals surface area contributed by atoms with Crippen molar-refractivity contribution in [3.8, 4) is 39.1 Å². The summed E-state index contributed by atoms with van der Waals surface area (Å²) in [5.41, 5.74) is 15.7.